The molecule has 1 aliphatic heterocycles. The third kappa shape index (κ3) is 4.37. The highest BCUT2D eigenvalue weighted by Crippen LogP contribution is 2.44. The first-order valence-corrected chi connectivity index (χ1v) is 11.3. The maximum Gasteiger partial charge on any atom is 0.346 e. The fourth-order valence-corrected chi connectivity index (χ4v) is 4.88. The van der Waals surface area contributed by atoms with E-state index >= 15 is 0 Å². The number of hydrogen-bond donors (Lipinski definition) is 1. The molecule has 33 heavy (non-hydrogen) atoms. The van der Waals surface area contributed by atoms with E-state index in [2.05, 4.69) is 10.3 Å². The lowest BCUT2D eigenvalue weighted by Gasteiger charge is -2.37. The molecule has 1 fully saturated rings. The molecule has 0 radical (unpaired) electrons. The molecule has 1 N–H and O–H groups in total. The summed E-state index contributed by atoms with van der Waals surface area (Å²) in [4.78, 5) is 30.0. The van der Waals surface area contributed by atoms with E-state index in [9.17, 15) is 14.0 Å². The maximum atomic E-state index is 14.0. The number of aromatic nitrogens is 1. The van der Waals surface area contributed by atoms with Crippen molar-refractivity contribution in [3.63, 3.8) is 0 Å². The van der Waals surface area contributed by atoms with Crippen LogP contribution in [-0.4, -0.2) is 35.6 Å². The predicted octanol–water partition coefficient (Wildman–Crippen LogP) is 5.17. The molecule has 0 unspecified atom stereocenters. The average molecular weight is 493 g/mol. The minimum Gasteiger partial charge on any atom is -0.424 e. The Morgan fingerprint density at radius 2 is 1.88 bits per heavy atom. The molecule has 0 bridgehead atoms. The SMILES string of the molecule is COC1CCC2(CC1)NC(=O)C(c1cc(C)ccc1C)=C2OC(=O)c1cc(F)c(Cl)nc1Cl. The standard InChI is InChI=1S/C24H23Cl2FN2O4/c1-12-4-5-13(2)15(10-12)18-19(24(29-22(18)30)8-6-14(32-3)7-9-24)33-23(31)16-11-17(27)21(26)28-20(16)25/h4-5,10-11,14H,6-9H2,1-3H3,(H,29,30). The Balaban J connectivity index is 1.83. The Labute approximate surface area is 201 Å². The Bertz CT molecular complexity index is 1170. The van der Waals surface area contributed by atoms with Gasteiger partial charge >= 0.3 is 5.97 Å². The van der Waals surface area contributed by atoms with Gasteiger partial charge < -0.3 is 14.8 Å². The van der Waals surface area contributed by atoms with Crippen molar-refractivity contribution in [1.82, 2.24) is 10.3 Å². The number of carbonyl (C=O) groups excluding carboxylic acids is 2. The monoisotopic (exact) mass is 492 g/mol. The number of esters is 1. The van der Waals surface area contributed by atoms with Crippen molar-refractivity contribution in [2.75, 3.05) is 7.11 Å². The van der Waals surface area contributed by atoms with E-state index in [4.69, 9.17) is 32.7 Å². The Morgan fingerprint density at radius 3 is 2.55 bits per heavy atom. The molecule has 2 aromatic rings. The lowest BCUT2D eigenvalue weighted by molar-refractivity contribution is -0.116. The largest absolute Gasteiger partial charge is 0.424 e. The molecule has 2 aliphatic rings. The Hall–Kier alpha value is -2.48. The minimum atomic E-state index is -0.911. The number of aryl methyl sites for hydroxylation is 2. The van der Waals surface area contributed by atoms with Crippen LogP contribution in [0.2, 0.25) is 10.3 Å². The first-order chi connectivity index (χ1) is 15.6. The van der Waals surface area contributed by atoms with Crippen LogP contribution in [0, 0.1) is 19.7 Å². The molecule has 1 saturated carbocycles. The fraction of sp³-hybridized carbons (Fsp3) is 0.375. The smallest absolute Gasteiger partial charge is 0.346 e. The van der Waals surface area contributed by atoms with E-state index in [0.29, 0.717) is 36.8 Å². The van der Waals surface area contributed by atoms with Gasteiger partial charge in [-0.3, -0.25) is 4.79 Å². The molecule has 9 heteroatoms. The van der Waals surface area contributed by atoms with Gasteiger partial charge in [0, 0.05) is 7.11 Å². The first kappa shape index (κ1) is 23.7. The minimum absolute atomic E-state index is 0.0539. The highest BCUT2D eigenvalue weighted by atomic mass is 35.5. The fourth-order valence-electron chi connectivity index (χ4n) is 4.49. The van der Waals surface area contributed by atoms with Crippen LogP contribution in [0.3, 0.4) is 0 Å². The van der Waals surface area contributed by atoms with Crippen molar-refractivity contribution in [1.29, 1.82) is 0 Å². The van der Waals surface area contributed by atoms with Gasteiger partial charge in [0.15, 0.2) is 11.0 Å². The zero-order chi connectivity index (χ0) is 23.9. The van der Waals surface area contributed by atoms with Crippen LogP contribution >= 0.6 is 23.2 Å². The molecule has 4 rings (SSSR count). The summed E-state index contributed by atoms with van der Waals surface area (Å²) in [6, 6.07) is 6.62. The van der Waals surface area contributed by atoms with Gasteiger partial charge in [0.25, 0.3) is 5.91 Å². The van der Waals surface area contributed by atoms with E-state index in [0.717, 1.165) is 17.2 Å². The van der Waals surface area contributed by atoms with Crippen molar-refractivity contribution >= 4 is 40.7 Å². The molecule has 174 valence electrons. The number of carbonyl (C=O) groups is 2. The summed E-state index contributed by atoms with van der Waals surface area (Å²) in [6.45, 7) is 3.81. The van der Waals surface area contributed by atoms with E-state index in [1.54, 1.807) is 7.11 Å². The number of benzene rings is 1. The number of rotatable bonds is 4. The quantitative estimate of drug-likeness (QED) is 0.470. The summed E-state index contributed by atoms with van der Waals surface area (Å²) in [5.41, 5.74) is 1.63. The number of hydrogen-bond acceptors (Lipinski definition) is 5. The predicted molar refractivity (Wildman–Crippen MR) is 123 cm³/mol. The molecular weight excluding hydrogens is 470 g/mol. The summed E-state index contributed by atoms with van der Waals surface area (Å²) in [5, 5.41) is 2.33. The molecule has 1 aromatic heterocycles. The van der Waals surface area contributed by atoms with Crippen molar-refractivity contribution < 1.29 is 23.5 Å². The molecule has 0 saturated heterocycles. The third-order valence-electron chi connectivity index (χ3n) is 6.32. The number of methoxy groups -OCH3 is 1. The van der Waals surface area contributed by atoms with Crippen molar-refractivity contribution in [3.05, 3.63) is 68.4 Å². The van der Waals surface area contributed by atoms with Gasteiger partial charge in [0.1, 0.15) is 16.5 Å². The lowest BCUT2D eigenvalue weighted by Crippen LogP contribution is -2.49. The van der Waals surface area contributed by atoms with Crippen LogP contribution in [0.5, 0.6) is 0 Å². The van der Waals surface area contributed by atoms with E-state index in [1.807, 2.05) is 32.0 Å². The Kier molecular flexibility index (Phi) is 6.49. The number of nitrogens with one attached hydrogen (secondary N) is 1. The van der Waals surface area contributed by atoms with Gasteiger partial charge in [-0.05, 0) is 56.7 Å². The number of ether oxygens (including phenoxy) is 2. The molecule has 1 spiro atoms. The summed E-state index contributed by atoms with van der Waals surface area (Å²) in [5.74, 6) is -1.92. The lowest BCUT2D eigenvalue weighted by atomic mass is 9.79. The van der Waals surface area contributed by atoms with Gasteiger partial charge in [-0.25, -0.2) is 14.2 Å². The van der Waals surface area contributed by atoms with Crippen LogP contribution in [0.15, 0.2) is 30.0 Å². The van der Waals surface area contributed by atoms with Crippen LogP contribution < -0.4 is 5.32 Å². The summed E-state index contributed by atoms with van der Waals surface area (Å²) in [6.07, 6.45) is 2.45. The summed E-state index contributed by atoms with van der Waals surface area (Å²) < 4.78 is 25.3. The second-order valence-electron chi connectivity index (χ2n) is 8.48. The number of nitrogens with zero attached hydrogens (tertiary/aromatic N) is 1. The van der Waals surface area contributed by atoms with Crippen LogP contribution in [0.1, 0.15) is 52.7 Å². The zero-order valence-electron chi connectivity index (χ0n) is 18.4. The van der Waals surface area contributed by atoms with Gasteiger partial charge in [-0.1, -0.05) is 47.0 Å². The molecule has 1 aliphatic carbocycles. The molecule has 0 atom stereocenters. The van der Waals surface area contributed by atoms with Crippen molar-refractivity contribution in [2.24, 2.45) is 0 Å². The third-order valence-corrected chi connectivity index (χ3v) is 6.88. The van der Waals surface area contributed by atoms with Gasteiger partial charge in [-0.2, -0.15) is 0 Å². The zero-order valence-corrected chi connectivity index (χ0v) is 19.9. The number of pyridine rings is 1. The van der Waals surface area contributed by atoms with Crippen LogP contribution in [0.25, 0.3) is 5.57 Å². The van der Waals surface area contributed by atoms with Crippen LogP contribution in [-0.2, 0) is 14.3 Å². The first-order valence-electron chi connectivity index (χ1n) is 10.6. The van der Waals surface area contributed by atoms with Crippen LogP contribution in [0.4, 0.5) is 4.39 Å². The highest BCUT2D eigenvalue weighted by molar-refractivity contribution is 6.34. The van der Waals surface area contributed by atoms with E-state index in [-0.39, 0.29) is 28.5 Å². The normalized spacial score (nSPS) is 22.6. The average Bonchev–Trinajstić information content (AvgIpc) is 3.03. The Morgan fingerprint density at radius 1 is 1.18 bits per heavy atom. The topological polar surface area (TPSA) is 77.5 Å². The van der Waals surface area contributed by atoms with Crippen molar-refractivity contribution in [2.45, 2.75) is 51.2 Å². The molecule has 1 aromatic carbocycles. The molecule has 6 nitrogen and oxygen atoms in total. The second-order valence-corrected chi connectivity index (χ2v) is 9.20. The summed E-state index contributed by atoms with van der Waals surface area (Å²) in [7, 11) is 1.65. The van der Waals surface area contributed by atoms with Crippen molar-refractivity contribution in [3.8, 4) is 0 Å². The number of amides is 1. The van der Waals surface area contributed by atoms with Gasteiger partial charge in [0.05, 0.1) is 17.2 Å². The molecular formula is C24H23Cl2FN2O4. The second kappa shape index (κ2) is 9.05. The number of halogens is 3. The van der Waals surface area contributed by atoms with Gasteiger partial charge in [0.2, 0.25) is 0 Å². The summed E-state index contributed by atoms with van der Waals surface area (Å²) >= 11 is 11.7. The maximum absolute atomic E-state index is 14.0. The van der Waals surface area contributed by atoms with E-state index in [1.165, 1.54) is 0 Å². The highest BCUT2D eigenvalue weighted by Gasteiger charge is 2.50. The molecule has 2 heterocycles. The molecule has 1 amide bonds. The van der Waals surface area contributed by atoms with Gasteiger partial charge in [-0.15, -0.1) is 0 Å². The van der Waals surface area contributed by atoms with E-state index < -0.39 is 22.5 Å².